The lowest BCUT2D eigenvalue weighted by Gasteiger charge is -2.25. The van der Waals surface area contributed by atoms with Crippen LogP contribution in [0.4, 0.5) is 0 Å². The second kappa shape index (κ2) is 4.56. The third-order valence-electron chi connectivity index (χ3n) is 2.34. The molecule has 1 aliphatic rings. The molecule has 1 atom stereocenters. The maximum atomic E-state index is 4.54. The Labute approximate surface area is 83.8 Å². The van der Waals surface area contributed by atoms with E-state index >= 15 is 0 Å². The molecule has 1 unspecified atom stereocenters. The Morgan fingerprint density at radius 1 is 1.67 bits per heavy atom. The minimum absolute atomic E-state index is 0.443. The van der Waals surface area contributed by atoms with Crippen molar-refractivity contribution in [1.82, 2.24) is 0 Å². The lowest BCUT2D eigenvalue weighted by Crippen LogP contribution is -2.21. The van der Waals surface area contributed by atoms with E-state index in [-0.39, 0.29) is 0 Å². The van der Waals surface area contributed by atoms with Crippen molar-refractivity contribution in [1.29, 1.82) is 0 Å². The van der Waals surface area contributed by atoms with Gasteiger partial charge in [-0.25, -0.2) is 0 Å². The molecule has 1 rings (SSSR count). The van der Waals surface area contributed by atoms with E-state index < -0.39 is 0 Å². The Morgan fingerprint density at radius 2 is 2.42 bits per heavy atom. The van der Waals surface area contributed by atoms with Crippen LogP contribution in [0, 0.1) is 0 Å². The number of hydrogen-bond donors (Lipinski definition) is 0. The molecule has 0 aromatic rings. The summed E-state index contributed by atoms with van der Waals surface area (Å²) in [7, 11) is 0. The molecule has 0 aliphatic carbocycles. The van der Waals surface area contributed by atoms with Crippen LogP contribution in [0.15, 0.2) is 4.99 Å². The summed E-state index contributed by atoms with van der Waals surface area (Å²) in [6.07, 6.45) is 4.54. The maximum Gasteiger partial charge on any atom is 0.0687 e. The molecule has 1 aliphatic heterocycles. The summed E-state index contributed by atoms with van der Waals surface area (Å²) in [6.45, 7) is 5.64. The van der Waals surface area contributed by atoms with Gasteiger partial charge in [0, 0.05) is 23.5 Å². The van der Waals surface area contributed by atoms with Gasteiger partial charge in [0.15, 0.2) is 0 Å². The van der Waals surface area contributed by atoms with Gasteiger partial charge in [0.05, 0.1) is 5.04 Å². The third-order valence-corrected chi connectivity index (χ3v) is 4.60. The highest BCUT2D eigenvalue weighted by Gasteiger charge is 2.26. The Balaban J connectivity index is 2.64. The van der Waals surface area contributed by atoms with E-state index in [1.54, 1.807) is 0 Å². The lowest BCUT2D eigenvalue weighted by molar-refractivity contribution is 0.651. The fourth-order valence-electron chi connectivity index (χ4n) is 1.25. The smallest absolute Gasteiger partial charge is 0.0687 e. The first-order valence-electron chi connectivity index (χ1n) is 4.41. The molecule has 0 saturated carbocycles. The number of rotatable bonds is 1. The average Bonchev–Trinajstić information content (AvgIpc) is 2.28. The summed E-state index contributed by atoms with van der Waals surface area (Å²) >= 11 is 3.89. The highest BCUT2D eigenvalue weighted by molar-refractivity contribution is 8.13. The largest absolute Gasteiger partial charge is 0.282 e. The van der Waals surface area contributed by atoms with E-state index in [9.17, 15) is 0 Å². The van der Waals surface area contributed by atoms with E-state index in [0.717, 1.165) is 13.0 Å². The van der Waals surface area contributed by atoms with Gasteiger partial charge in [0.1, 0.15) is 0 Å². The SMILES string of the molecule is CCC1(C)CC(SC)=NCCS1. The quantitative estimate of drug-likeness (QED) is 0.649. The molecule has 0 fully saturated rings. The van der Waals surface area contributed by atoms with Gasteiger partial charge < -0.3 is 0 Å². The predicted octanol–water partition coefficient (Wildman–Crippen LogP) is 3.05. The predicted molar refractivity (Wildman–Crippen MR) is 61.6 cm³/mol. The van der Waals surface area contributed by atoms with Crippen molar-refractivity contribution in [3.63, 3.8) is 0 Å². The number of thioether (sulfide) groups is 2. The normalized spacial score (nSPS) is 31.1. The Bertz CT molecular complexity index is 179. The van der Waals surface area contributed by atoms with Gasteiger partial charge in [-0.05, 0) is 12.7 Å². The molecular weight excluding hydrogens is 186 g/mol. The Kier molecular flexibility index (Phi) is 3.97. The van der Waals surface area contributed by atoms with Crippen LogP contribution in [-0.2, 0) is 0 Å². The van der Waals surface area contributed by atoms with Crippen molar-refractivity contribution in [2.24, 2.45) is 4.99 Å². The number of hydrogen-bond acceptors (Lipinski definition) is 3. The summed E-state index contributed by atoms with van der Waals surface area (Å²) in [6, 6.07) is 0. The van der Waals surface area contributed by atoms with Crippen LogP contribution >= 0.6 is 23.5 Å². The van der Waals surface area contributed by atoms with Gasteiger partial charge in [-0.15, -0.1) is 11.8 Å². The van der Waals surface area contributed by atoms with E-state index in [1.807, 2.05) is 11.8 Å². The molecule has 1 heterocycles. The summed E-state index contributed by atoms with van der Waals surface area (Å²) in [5.41, 5.74) is 0. The van der Waals surface area contributed by atoms with Gasteiger partial charge >= 0.3 is 0 Å². The van der Waals surface area contributed by atoms with Crippen LogP contribution in [0.1, 0.15) is 26.7 Å². The van der Waals surface area contributed by atoms with Crippen molar-refractivity contribution in [3.8, 4) is 0 Å². The number of aliphatic imine (C=N–C) groups is 1. The van der Waals surface area contributed by atoms with E-state index in [2.05, 4.69) is 36.9 Å². The standard InChI is InChI=1S/C9H17NS2/c1-4-9(2)7-8(11-3)10-5-6-12-9/h4-7H2,1-3H3. The number of nitrogens with zero attached hydrogens (tertiary/aromatic N) is 1. The molecule has 0 radical (unpaired) electrons. The molecule has 0 N–H and O–H groups in total. The average molecular weight is 203 g/mol. The fraction of sp³-hybridized carbons (Fsp3) is 0.889. The molecule has 0 amide bonds. The summed E-state index contributed by atoms with van der Waals surface area (Å²) in [5, 5.41) is 1.34. The first-order valence-corrected chi connectivity index (χ1v) is 6.62. The second-order valence-corrected chi connectivity index (χ2v) is 5.87. The zero-order valence-electron chi connectivity index (χ0n) is 8.09. The van der Waals surface area contributed by atoms with Gasteiger partial charge in [-0.2, -0.15) is 11.8 Å². The zero-order valence-corrected chi connectivity index (χ0v) is 9.73. The lowest BCUT2D eigenvalue weighted by atomic mass is 10.1. The Hall–Kier alpha value is 0.370. The van der Waals surface area contributed by atoms with Crippen molar-refractivity contribution in [3.05, 3.63) is 0 Å². The second-order valence-electron chi connectivity index (χ2n) is 3.31. The van der Waals surface area contributed by atoms with Crippen molar-refractivity contribution >= 4 is 28.6 Å². The fourth-order valence-corrected chi connectivity index (χ4v) is 3.15. The molecule has 70 valence electrons. The summed E-state index contributed by atoms with van der Waals surface area (Å²) < 4.78 is 0.443. The van der Waals surface area contributed by atoms with Crippen molar-refractivity contribution < 1.29 is 0 Å². The monoisotopic (exact) mass is 203 g/mol. The molecule has 3 heteroatoms. The minimum Gasteiger partial charge on any atom is -0.282 e. The maximum absolute atomic E-state index is 4.54. The molecule has 0 spiro atoms. The summed E-state index contributed by atoms with van der Waals surface area (Å²) in [5.74, 6) is 1.19. The molecular formula is C9H17NS2. The van der Waals surface area contributed by atoms with Gasteiger partial charge in [-0.3, -0.25) is 4.99 Å². The zero-order chi connectivity index (χ0) is 9.03. The van der Waals surface area contributed by atoms with Crippen LogP contribution in [0.2, 0.25) is 0 Å². The highest BCUT2D eigenvalue weighted by Crippen LogP contribution is 2.35. The van der Waals surface area contributed by atoms with Crippen LogP contribution in [-0.4, -0.2) is 28.3 Å². The topological polar surface area (TPSA) is 12.4 Å². The highest BCUT2D eigenvalue weighted by atomic mass is 32.2. The first-order chi connectivity index (χ1) is 5.70. The van der Waals surface area contributed by atoms with Crippen LogP contribution in [0.3, 0.4) is 0 Å². The van der Waals surface area contributed by atoms with Crippen molar-refractivity contribution in [2.75, 3.05) is 18.6 Å². The van der Waals surface area contributed by atoms with Crippen molar-refractivity contribution in [2.45, 2.75) is 31.4 Å². The van der Waals surface area contributed by atoms with Crippen LogP contribution in [0.25, 0.3) is 0 Å². The Morgan fingerprint density at radius 3 is 3.00 bits per heavy atom. The van der Waals surface area contributed by atoms with Gasteiger partial charge in [-0.1, -0.05) is 13.8 Å². The molecule has 0 bridgehead atoms. The molecule has 0 aromatic heterocycles. The van der Waals surface area contributed by atoms with Gasteiger partial charge in [0.2, 0.25) is 0 Å². The van der Waals surface area contributed by atoms with E-state index in [4.69, 9.17) is 0 Å². The molecule has 0 saturated heterocycles. The first kappa shape index (κ1) is 10.5. The summed E-state index contributed by atoms with van der Waals surface area (Å²) in [4.78, 5) is 4.54. The van der Waals surface area contributed by atoms with E-state index in [1.165, 1.54) is 17.2 Å². The molecule has 12 heavy (non-hydrogen) atoms. The molecule has 1 nitrogen and oxygen atoms in total. The van der Waals surface area contributed by atoms with E-state index in [0.29, 0.717) is 4.75 Å². The minimum atomic E-state index is 0.443. The third kappa shape index (κ3) is 2.70. The molecule has 0 aromatic carbocycles. The van der Waals surface area contributed by atoms with Gasteiger partial charge in [0.25, 0.3) is 0 Å². The van der Waals surface area contributed by atoms with Crippen LogP contribution < -0.4 is 0 Å². The van der Waals surface area contributed by atoms with Crippen LogP contribution in [0.5, 0.6) is 0 Å².